The van der Waals surface area contributed by atoms with E-state index in [0.29, 0.717) is 10.7 Å². The summed E-state index contributed by atoms with van der Waals surface area (Å²) in [6.45, 7) is 1.81. The van der Waals surface area contributed by atoms with Crippen molar-refractivity contribution >= 4 is 39.1 Å². The molecule has 1 heterocycles. The zero-order valence-corrected chi connectivity index (χ0v) is 19.7. The van der Waals surface area contributed by atoms with Gasteiger partial charge < -0.3 is 5.73 Å². The molecule has 174 valence electrons. The lowest BCUT2D eigenvalue weighted by atomic mass is 9.91. The molecule has 0 fully saturated rings. The molecule has 1 atom stereocenters. The number of amidine groups is 1. The molecule has 1 unspecified atom stereocenters. The molecule has 0 saturated carbocycles. The van der Waals surface area contributed by atoms with Gasteiger partial charge in [-0.2, -0.15) is 18.5 Å². The summed E-state index contributed by atoms with van der Waals surface area (Å²) >= 11 is 6.06. The van der Waals surface area contributed by atoms with Gasteiger partial charge in [-0.05, 0) is 54.4 Å². The Kier molecular flexibility index (Phi) is 6.76. The van der Waals surface area contributed by atoms with Gasteiger partial charge in [0.05, 0.1) is 23.0 Å². The molecular weight excluding hydrogens is 477 g/mol. The second-order valence-electron chi connectivity index (χ2n) is 7.61. The summed E-state index contributed by atoms with van der Waals surface area (Å²) in [7, 11) is -4.20. The average molecular weight is 498 g/mol. The lowest BCUT2D eigenvalue weighted by Crippen LogP contribution is -2.27. The van der Waals surface area contributed by atoms with Gasteiger partial charge in [0.1, 0.15) is 5.82 Å². The molecule has 0 radical (unpaired) electrons. The Morgan fingerprint density at radius 1 is 1.06 bits per heavy atom. The topological polar surface area (TPSA) is 100 Å². The highest BCUT2D eigenvalue weighted by molar-refractivity contribution is 7.90. The van der Waals surface area contributed by atoms with Crippen molar-refractivity contribution in [1.29, 1.82) is 0 Å². The lowest BCUT2D eigenvalue weighted by molar-refractivity contribution is 0.470. The van der Waals surface area contributed by atoms with Crippen LogP contribution in [0.2, 0.25) is 5.02 Å². The Morgan fingerprint density at radius 3 is 2.32 bits per heavy atom. The molecule has 4 rings (SSSR count). The molecule has 7 nitrogen and oxygen atoms in total. The molecule has 10 heteroatoms. The fraction of sp³-hybridized carbons (Fsp3) is 0.125. The number of hydrazone groups is 1. The first-order chi connectivity index (χ1) is 16.2. The highest BCUT2D eigenvalue weighted by atomic mass is 35.5. The van der Waals surface area contributed by atoms with Crippen molar-refractivity contribution in [1.82, 2.24) is 5.01 Å². The Morgan fingerprint density at radius 2 is 1.71 bits per heavy atom. The average Bonchev–Trinajstić information content (AvgIpc) is 3.25. The number of hydrogen-bond donors (Lipinski definition) is 1. The van der Waals surface area contributed by atoms with Gasteiger partial charge in [-0.25, -0.2) is 9.40 Å². The minimum absolute atomic E-state index is 0.111. The molecular formula is C24H21ClFN5O2S. The van der Waals surface area contributed by atoms with Crippen molar-refractivity contribution in [3.63, 3.8) is 0 Å². The van der Waals surface area contributed by atoms with Gasteiger partial charge in [0, 0.05) is 10.9 Å². The number of nitrogens with two attached hydrogens (primary N) is 1. The fourth-order valence-electron chi connectivity index (χ4n) is 3.50. The monoisotopic (exact) mass is 497 g/mol. The first kappa shape index (κ1) is 23.6. The third-order valence-electron chi connectivity index (χ3n) is 5.08. The van der Waals surface area contributed by atoms with E-state index < -0.39 is 15.8 Å². The zero-order valence-electron chi connectivity index (χ0n) is 18.1. The van der Waals surface area contributed by atoms with E-state index in [1.807, 2.05) is 42.5 Å². The Labute approximate surface area is 202 Å². The lowest BCUT2D eigenvalue weighted by Gasteiger charge is -2.16. The number of benzene rings is 3. The fourth-order valence-corrected chi connectivity index (χ4v) is 4.57. The third-order valence-corrected chi connectivity index (χ3v) is 6.60. The van der Waals surface area contributed by atoms with Crippen molar-refractivity contribution in [3.05, 3.63) is 101 Å². The van der Waals surface area contributed by atoms with Crippen LogP contribution >= 0.6 is 11.6 Å². The molecule has 0 aromatic heterocycles. The van der Waals surface area contributed by atoms with Crippen LogP contribution in [0.15, 0.2) is 98.2 Å². The van der Waals surface area contributed by atoms with Crippen LogP contribution in [0.1, 0.15) is 24.0 Å². The largest absolute Gasteiger partial charge is 0.387 e. The van der Waals surface area contributed by atoms with E-state index in [-0.39, 0.29) is 29.2 Å². The molecule has 2 N–H and O–H groups in total. The molecule has 34 heavy (non-hydrogen) atoms. The molecule has 0 spiro atoms. The summed E-state index contributed by atoms with van der Waals surface area (Å²) in [4.78, 5) is 3.98. The summed E-state index contributed by atoms with van der Waals surface area (Å²) in [6.07, 6.45) is 0. The second kappa shape index (κ2) is 9.74. The molecule has 3 aromatic rings. The van der Waals surface area contributed by atoms with Crippen LogP contribution in [0.3, 0.4) is 0 Å². The first-order valence-corrected chi connectivity index (χ1v) is 12.1. The van der Waals surface area contributed by atoms with E-state index in [4.69, 9.17) is 17.3 Å². The Hall–Kier alpha value is -3.56. The summed E-state index contributed by atoms with van der Waals surface area (Å²) in [5.41, 5.74) is 8.31. The van der Waals surface area contributed by atoms with Crippen LogP contribution in [0.25, 0.3) is 0 Å². The van der Waals surface area contributed by atoms with E-state index in [9.17, 15) is 12.8 Å². The predicted molar refractivity (Wildman–Crippen MR) is 132 cm³/mol. The Balaban J connectivity index is 1.80. The summed E-state index contributed by atoms with van der Waals surface area (Å²) in [6, 6.07) is 21.3. The van der Waals surface area contributed by atoms with Gasteiger partial charge in [-0.1, -0.05) is 54.1 Å². The van der Waals surface area contributed by atoms with Crippen molar-refractivity contribution in [2.75, 3.05) is 6.54 Å². The van der Waals surface area contributed by atoms with Gasteiger partial charge in [0.25, 0.3) is 16.0 Å². The molecule has 1 aliphatic rings. The van der Waals surface area contributed by atoms with Gasteiger partial charge in [0.2, 0.25) is 0 Å². The highest BCUT2D eigenvalue weighted by Gasteiger charge is 2.32. The quantitative estimate of drug-likeness (QED) is 0.426. The van der Waals surface area contributed by atoms with E-state index >= 15 is 0 Å². The standard InChI is InChI=1S/C24H21ClFN5O2S/c1-16(27)28-24(30-34(32,33)21-13-11-20(26)12-14-21)31-15-22(17-5-3-2-4-6-17)23(29-31)18-7-9-19(25)10-8-18/h2-14,22H,15H2,1H3,(H2,27,28,30). The summed E-state index contributed by atoms with van der Waals surface area (Å²) in [5.74, 6) is -0.815. The molecule has 1 aliphatic heterocycles. The molecule has 0 aliphatic carbocycles. The number of aliphatic imine (C=N–C) groups is 1. The van der Waals surface area contributed by atoms with Crippen LogP contribution in [0.4, 0.5) is 4.39 Å². The molecule has 0 amide bonds. The van der Waals surface area contributed by atoms with Gasteiger partial charge in [0.15, 0.2) is 0 Å². The highest BCUT2D eigenvalue weighted by Crippen LogP contribution is 2.30. The molecule has 3 aromatic carbocycles. The van der Waals surface area contributed by atoms with Gasteiger partial charge >= 0.3 is 0 Å². The SMILES string of the molecule is CC(N)=NC(=NS(=O)(=O)c1ccc(F)cc1)N1CC(c2ccccc2)C(c2ccc(Cl)cc2)=N1. The normalized spacial score (nSPS) is 17.1. The van der Waals surface area contributed by atoms with Crippen LogP contribution in [0.5, 0.6) is 0 Å². The van der Waals surface area contributed by atoms with E-state index in [0.717, 1.165) is 35.4 Å². The zero-order chi connectivity index (χ0) is 24.3. The van der Waals surface area contributed by atoms with E-state index in [1.165, 1.54) is 11.9 Å². The summed E-state index contributed by atoms with van der Waals surface area (Å²) < 4.78 is 43.0. The number of hydrogen-bond acceptors (Lipinski definition) is 3. The minimum Gasteiger partial charge on any atom is -0.387 e. The van der Waals surface area contributed by atoms with Crippen LogP contribution in [-0.2, 0) is 10.0 Å². The summed E-state index contributed by atoms with van der Waals surface area (Å²) in [5, 5.41) is 6.69. The number of sulfonamides is 1. The number of halogens is 2. The van der Waals surface area contributed by atoms with Crippen molar-refractivity contribution in [2.45, 2.75) is 17.7 Å². The minimum atomic E-state index is -4.20. The van der Waals surface area contributed by atoms with Gasteiger partial charge in [-0.3, -0.25) is 0 Å². The maximum absolute atomic E-state index is 13.3. The molecule has 0 saturated heterocycles. The van der Waals surface area contributed by atoms with Crippen LogP contribution in [-0.4, -0.2) is 37.5 Å². The Bertz CT molecular complexity index is 1370. The van der Waals surface area contributed by atoms with Gasteiger partial charge in [-0.15, -0.1) is 4.40 Å². The maximum Gasteiger partial charge on any atom is 0.285 e. The number of rotatable bonds is 4. The van der Waals surface area contributed by atoms with E-state index in [1.54, 1.807) is 12.1 Å². The van der Waals surface area contributed by atoms with Crippen molar-refractivity contribution < 1.29 is 12.8 Å². The van der Waals surface area contributed by atoms with Crippen LogP contribution in [0, 0.1) is 5.82 Å². The smallest absolute Gasteiger partial charge is 0.285 e. The van der Waals surface area contributed by atoms with Crippen molar-refractivity contribution in [3.8, 4) is 0 Å². The maximum atomic E-state index is 13.3. The number of guanidine groups is 1. The van der Waals surface area contributed by atoms with Crippen LogP contribution < -0.4 is 5.73 Å². The van der Waals surface area contributed by atoms with E-state index in [2.05, 4.69) is 14.5 Å². The molecule has 0 bridgehead atoms. The second-order valence-corrected chi connectivity index (χ2v) is 9.65. The predicted octanol–water partition coefficient (Wildman–Crippen LogP) is 4.40. The first-order valence-electron chi connectivity index (χ1n) is 10.3. The third kappa shape index (κ3) is 5.32. The number of nitrogens with zero attached hydrogens (tertiary/aromatic N) is 4. The van der Waals surface area contributed by atoms with Crippen molar-refractivity contribution in [2.24, 2.45) is 20.2 Å².